The fraction of sp³-hybridized carbons (Fsp3) is 0.520. The van der Waals surface area contributed by atoms with E-state index in [1.807, 2.05) is 0 Å². The molecule has 0 saturated carbocycles. The van der Waals surface area contributed by atoms with E-state index in [-0.39, 0.29) is 30.0 Å². The number of non-ortho nitro benzene ring substituents is 1. The Morgan fingerprint density at radius 1 is 1.14 bits per heavy atom. The highest BCUT2D eigenvalue weighted by molar-refractivity contribution is 7.99. The van der Waals surface area contributed by atoms with Gasteiger partial charge in [-0.1, -0.05) is 12.1 Å². The number of esters is 2. The summed E-state index contributed by atoms with van der Waals surface area (Å²) in [5, 5.41) is 14.7. The fourth-order valence-electron chi connectivity index (χ4n) is 4.46. The van der Waals surface area contributed by atoms with Crippen LogP contribution in [0.25, 0.3) is 0 Å². The fourth-order valence-corrected chi connectivity index (χ4v) is 5.43. The van der Waals surface area contributed by atoms with Crippen LogP contribution in [0.3, 0.4) is 0 Å². The lowest BCUT2D eigenvalue weighted by Gasteiger charge is -2.31. The van der Waals surface area contributed by atoms with E-state index in [0.29, 0.717) is 22.7 Å². The zero-order valence-corrected chi connectivity index (χ0v) is 21.3. The Labute approximate surface area is 210 Å². The Morgan fingerprint density at radius 3 is 2.43 bits per heavy atom. The van der Waals surface area contributed by atoms with Crippen LogP contribution in [0.5, 0.6) is 0 Å². The maximum atomic E-state index is 13.2. The first kappa shape index (κ1) is 26.7. The van der Waals surface area contributed by atoms with Crippen LogP contribution in [0.2, 0.25) is 0 Å². The SMILES string of the molecule is CCOC(=O)C1=C(C)NC(CSCCN2CCCC2)=C(C(=O)OCC)C1c1cccc([N+](=O)[O-])c1. The number of likely N-dealkylation sites (tertiary alicyclic amines) is 1. The Bertz CT molecular complexity index is 1020. The van der Waals surface area contributed by atoms with Gasteiger partial charge in [0.2, 0.25) is 0 Å². The third kappa shape index (κ3) is 6.64. The molecule has 3 rings (SSSR count). The smallest absolute Gasteiger partial charge is 0.336 e. The van der Waals surface area contributed by atoms with Crippen LogP contribution in [-0.4, -0.2) is 66.1 Å². The monoisotopic (exact) mass is 503 g/mol. The molecule has 0 aliphatic carbocycles. The van der Waals surface area contributed by atoms with Crippen molar-refractivity contribution in [1.29, 1.82) is 0 Å². The van der Waals surface area contributed by atoms with E-state index in [1.165, 1.54) is 25.0 Å². The molecule has 1 aromatic carbocycles. The van der Waals surface area contributed by atoms with Gasteiger partial charge in [-0.2, -0.15) is 11.8 Å². The molecule has 190 valence electrons. The van der Waals surface area contributed by atoms with Crippen molar-refractivity contribution in [3.05, 3.63) is 62.5 Å². The molecule has 1 N–H and O–H groups in total. The number of dihydropyridines is 1. The number of carbonyl (C=O) groups excluding carboxylic acids is 2. The third-order valence-corrected chi connectivity index (χ3v) is 7.01. The number of thioether (sulfide) groups is 1. The van der Waals surface area contributed by atoms with Crippen molar-refractivity contribution < 1.29 is 24.0 Å². The summed E-state index contributed by atoms with van der Waals surface area (Å²) in [4.78, 5) is 39.6. The molecule has 0 aromatic heterocycles. The zero-order chi connectivity index (χ0) is 25.4. The first-order chi connectivity index (χ1) is 16.9. The number of benzene rings is 1. The highest BCUT2D eigenvalue weighted by Gasteiger charge is 2.39. The van der Waals surface area contributed by atoms with Crippen LogP contribution in [0, 0.1) is 10.1 Å². The summed E-state index contributed by atoms with van der Waals surface area (Å²) in [5.41, 5.74) is 2.09. The minimum absolute atomic E-state index is 0.119. The van der Waals surface area contributed by atoms with Crippen molar-refractivity contribution in [2.45, 2.75) is 39.5 Å². The second-order valence-electron chi connectivity index (χ2n) is 8.38. The lowest BCUT2D eigenvalue weighted by Crippen LogP contribution is -2.34. The molecule has 1 aromatic rings. The molecule has 1 saturated heterocycles. The summed E-state index contributed by atoms with van der Waals surface area (Å²) < 4.78 is 10.7. The third-order valence-electron chi connectivity index (χ3n) is 6.05. The summed E-state index contributed by atoms with van der Waals surface area (Å²) in [5.74, 6) is -0.558. The number of hydrogen-bond donors (Lipinski definition) is 1. The molecule has 0 radical (unpaired) electrons. The van der Waals surface area contributed by atoms with E-state index in [2.05, 4.69) is 10.2 Å². The van der Waals surface area contributed by atoms with Gasteiger partial charge in [0.25, 0.3) is 5.69 Å². The zero-order valence-electron chi connectivity index (χ0n) is 20.5. The molecule has 0 amide bonds. The number of nitrogens with one attached hydrogen (secondary N) is 1. The van der Waals surface area contributed by atoms with Crippen molar-refractivity contribution in [3.63, 3.8) is 0 Å². The van der Waals surface area contributed by atoms with Crippen LogP contribution >= 0.6 is 11.8 Å². The summed E-state index contributed by atoms with van der Waals surface area (Å²) in [6.45, 7) is 8.72. The highest BCUT2D eigenvalue weighted by atomic mass is 32.2. The van der Waals surface area contributed by atoms with E-state index in [9.17, 15) is 19.7 Å². The largest absolute Gasteiger partial charge is 0.463 e. The van der Waals surface area contributed by atoms with Gasteiger partial charge in [0.1, 0.15) is 0 Å². The quantitative estimate of drug-likeness (QED) is 0.209. The summed E-state index contributed by atoms with van der Waals surface area (Å²) in [6.07, 6.45) is 2.46. The van der Waals surface area contributed by atoms with Gasteiger partial charge in [0.05, 0.1) is 35.2 Å². The van der Waals surface area contributed by atoms with Crippen LogP contribution in [0.1, 0.15) is 45.1 Å². The van der Waals surface area contributed by atoms with E-state index in [0.717, 1.165) is 25.4 Å². The van der Waals surface area contributed by atoms with Crippen molar-refractivity contribution in [2.24, 2.45) is 0 Å². The molecule has 10 heteroatoms. The molecule has 1 unspecified atom stereocenters. The molecule has 0 spiro atoms. The number of allylic oxidation sites excluding steroid dienone is 1. The molecule has 1 atom stereocenters. The molecule has 1 fully saturated rings. The molecule has 2 aliphatic heterocycles. The Morgan fingerprint density at radius 2 is 1.80 bits per heavy atom. The number of hydrogen-bond acceptors (Lipinski definition) is 9. The van der Waals surface area contributed by atoms with Gasteiger partial charge in [-0.05, 0) is 52.3 Å². The molecule has 9 nitrogen and oxygen atoms in total. The van der Waals surface area contributed by atoms with E-state index in [1.54, 1.807) is 44.7 Å². The van der Waals surface area contributed by atoms with Gasteiger partial charge in [-0.15, -0.1) is 0 Å². The molecule has 35 heavy (non-hydrogen) atoms. The van der Waals surface area contributed by atoms with Gasteiger partial charge in [0.15, 0.2) is 0 Å². The average molecular weight is 504 g/mol. The van der Waals surface area contributed by atoms with Crippen LogP contribution < -0.4 is 5.32 Å². The maximum Gasteiger partial charge on any atom is 0.336 e. The standard InChI is InChI=1S/C25H33N3O6S/c1-4-33-24(29)21-17(3)26-20(16-35-14-13-27-11-6-7-12-27)23(25(30)34-5-2)22(21)18-9-8-10-19(15-18)28(31)32/h8-10,15,22,26H,4-7,11-14,16H2,1-3H3. The first-order valence-corrected chi connectivity index (χ1v) is 13.1. The minimum Gasteiger partial charge on any atom is -0.463 e. The van der Waals surface area contributed by atoms with E-state index in [4.69, 9.17) is 9.47 Å². The summed E-state index contributed by atoms with van der Waals surface area (Å²) in [6, 6.07) is 6.03. The minimum atomic E-state index is -0.844. The lowest BCUT2D eigenvalue weighted by molar-refractivity contribution is -0.384. The van der Waals surface area contributed by atoms with Crippen molar-refractivity contribution in [3.8, 4) is 0 Å². The van der Waals surface area contributed by atoms with Crippen LogP contribution in [0.15, 0.2) is 46.8 Å². The van der Waals surface area contributed by atoms with Crippen molar-refractivity contribution in [1.82, 2.24) is 10.2 Å². The molecular formula is C25H33N3O6S. The van der Waals surface area contributed by atoms with Gasteiger partial charge >= 0.3 is 11.9 Å². The number of nitro groups is 1. The second-order valence-corrected chi connectivity index (χ2v) is 9.49. The number of nitrogens with zero attached hydrogens (tertiary/aromatic N) is 2. The normalized spacial score (nSPS) is 18.4. The van der Waals surface area contributed by atoms with Gasteiger partial charge in [-0.3, -0.25) is 10.1 Å². The Hall–Kier alpha value is -2.85. The van der Waals surface area contributed by atoms with Crippen molar-refractivity contribution in [2.75, 3.05) is 44.4 Å². The Balaban J connectivity index is 2.01. The summed E-state index contributed by atoms with van der Waals surface area (Å²) >= 11 is 1.70. The predicted molar refractivity (Wildman–Crippen MR) is 135 cm³/mol. The number of carbonyl (C=O) groups is 2. The van der Waals surface area contributed by atoms with Gasteiger partial charge in [-0.25, -0.2) is 9.59 Å². The predicted octanol–water partition coefficient (Wildman–Crippen LogP) is 3.76. The highest BCUT2D eigenvalue weighted by Crippen LogP contribution is 2.40. The van der Waals surface area contributed by atoms with Gasteiger partial charge in [0, 0.05) is 41.6 Å². The van der Waals surface area contributed by atoms with E-state index >= 15 is 0 Å². The number of rotatable bonds is 11. The second kappa shape index (κ2) is 12.7. The topological polar surface area (TPSA) is 111 Å². The maximum absolute atomic E-state index is 13.2. The average Bonchev–Trinajstić information content (AvgIpc) is 3.35. The van der Waals surface area contributed by atoms with Crippen molar-refractivity contribution >= 4 is 29.4 Å². The molecule has 2 heterocycles. The number of nitro benzene ring substituents is 1. The van der Waals surface area contributed by atoms with E-state index < -0.39 is 22.8 Å². The number of ether oxygens (including phenoxy) is 2. The molecule has 0 bridgehead atoms. The van der Waals surface area contributed by atoms with Gasteiger partial charge < -0.3 is 19.7 Å². The summed E-state index contributed by atoms with van der Waals surface area (Å²) in [7, 11) is 0. The first-order valence-electron chi connectivity index (χ1n) is 12.0. The van der Waals surface area contributed by atoms with Crippen LogP contribution in [-0.2, 0) is 19.1 Å². The molecule has 2 aliphatic rings. The molecular weight excluding hydrogens is 470 g/mol. The van der Waals surface area contributed by atoms with Crippen LogP contribution in [0.4, 0.5) is 5.69 Å². The Kier molecular flexibility index (Phi) is 9.73. The lowest BCUT2D eigenvalue weighted by atomic mass is 9.80.